The van der Waals surface area contributed by atoms with Crippen LogP contribution in [0.4, 0.5) is 0 Å². The van der Waals surface area contributed by atoms with Crippen LogP contribution in [0.15, 0.2) is 24.3 Å². The number of carbonyl (C=O) groups is 1. The summed E-state index contributed by atoms with van der Waals surface area (Å²) >= 11 is 0. The Morgan fingerprint density at radius 3 is 3.12 bits per heavy atom. The summed E-state index contributed by atoms with van der Waals surface area (Å²) in [6.45, 7) is 2.56. The van der Waals surface area contributed by atoms with E-state index < -0.39 is 0 Å². The minimum Gasteiger partial charge on any atom is -0.343 e. The molecule has 1 N–H and O–H groups in total. The molecule has 0 radical (unpaired) electrons. The zero-order valence-corrected chi connectivity index (χ0v) is 9.57. The van der Waals surface area contributed by atoms with Crippen LogP contribution in [-0.4, -0.2) is 16.9 Å². The first-order valence-electron chi connectivity index (χ1n) is 6.19. The van der Waals surface area contributed by atoms with Crippen LogP contribution in [0.3, 0.4) is 0 Å². The lowest BCUT2D eigenvalue weighted by Crippen LogP contribution is -2.37. The van der Waals surface area contributed by atoms with Crippen molar-refractivity contribution in [3.8, 4) is 0 Å². The van der Waals surface area contributed by atoms with Gasteiger partial charge in [-0.1, -0.05) is 18.2 Å². The molecule has 0 saturated heterocycles. The number of hydrogen-bond donors (Lipinski definition) is 1. The van der Waals surface area contributed by atoms with Gasteiger partial charge in [-0.3, -0.25) is 4.79 Å². The van der Waals surface area contributed by atoms with E-state index in [0.717, 1.165) is 19.6 Å². The number of nitrogens with zero attached hydrogens (tertiary/aromatic N) is 1. The van der Waals surface area contributed by atoms with Crippen molar-refractivity contribution < 1.29 is 4.79 Å². The first-order valence-corrected chi connectivity index (χ1v) is 6.19. The first kappa shape index (κ1) is 9.42. The van der Waals surface area contributed by atoms with Crippen molar-refractivity contribution in [3.63, 3.8) is 0 Å². The van der Waals surface area contributed by atoms with Gasteiger partial charge in [-0.15, -0.1) is 0 Å². The van der Waals surface area contributed by atoms with E-state index in [4.69, 9.17) is 0 Å². The standard InChI is InChI=1S/C14H14N2O/c17-13-5-6-16-12-4-2-1-3-9(12)10-7-15-8-11(13)14(10)16/h1-4,11,15H,5-8H2. The molecule has 3 nitrogen and oxygen atoms in total. The Morgan fingerprint density at radius 1 is 1.29 bits per heavy atom. The lowest BCUT2D eigenvalue weighted by atomic mass is 9.89. The van der Waals surface area contributed by atoms with E-state index >= 15 is 0 Å². The summed E-state index contributed by atoms with van der Waals surface area (Å²) in [5.74, 6) is 0.480. The van der Waals surface area contributed by atoms with Crippen LogP contribution in [0.2, 0.25) is 0 Å². The second-order valence-corrected chi connectivity index (χ2v) is 4.93. The molecule has 1 atom stereocenters. The molecular formula is C14H14N2O. The number of carbonyl (C=O) groups excluding carboxylic acids is 1. The molecule has 0 aliphatic carbocycles. The SMILES string of the molecule is O=C1CCn2c3c(c4ccccc42)CNCC13. The third-order valence-electron chi connectivity index (χ3n) is 4.07. The van der Waals surface area contributed by atoms with E-state index in [1.807, 2.05) is 0 Å². The van der Waals surface area contributed by atoms with Crippen molar-refractivity contribution in [2.45, 2.75) is 25.4 Å². The van der Waals surface area contributed by atoms with Crippen molar-refractivity contribution in [2.75, 3.05) is 6.54 Å². The molecule has 0 bridgehead atoms. The van der Waals surface area contributed by atoms with Crippen LogP contribution >= 0.6 is 0 Å². The molecule has 86 valence electrons. The largest absolute Gasteiger partial charge is 0.343 e. The molecule has 2 aliphatic heterocycles. The molecule has 0 fully saturated rings. The van der Waals surface area contributed by atoms with Crippen molar-refractivity contribution in [3.05, 3.63) is 35.5 Å². The maximum atomic E-state index is 12.0. The summed E-state index contributed by atoms with van der Waals surface area (Å²) in [5, 5.41) is 4.69. The van der Waals surface area contributed by atoms with Gasteiger partial charge in [0.1, 0.15) is 5.78 Å². The highest BCUT2D eigenvalue weighted by molar-refractivity contribution is 5.93. The van der Waals surface area contributed by atoms with E-state index in [2.05, 4.69) is 34.1 Å². The molecule has 0 saturated carbocycles. The molecule has 0 amide bonds. The smallest absolute Gasteiger partial charge is 0.144 e. The minimum absolute atomic E-state index is 0.0832. The number of Topliss-reactive ketones (excluding diaryl/α,β-unsaturated/α-hetero) is 1. The monoisotopic (exact) mass is 226 g/mol. The molecule has 1 unspecified atom stereocenters. The summed E-state index contributed by atoms with van der Waals surface area (Å²) in [4.78, 5) is 12.0. The van der Waals surface area contributed by atoms with Gasteiger partial charge in [0.25, 0.3) is 0 Å². The number of aryl methyl sites for hydroxylation is 1. The predicted octanol–water partition coefficient (Wildman–Crippen LogP) is 1.80. The van der Waals surface area contributed by atoms with Crippen molar-refractivity contribution in [1.82, 2.24) is 9.88 Å². The summed E-state index contributed by atoms with van der Waals surface area (Å²) in [5.41, 5.74) is 3.91. The lowest BCUT2D eigenvalue weighted by Gasteiger charge is -2.29. The van der Waals surface area contributed by atoms with Gasteiger partial charge in [0, 0.05) is 42.7 Å². The van der Waals surface area contributed by atoms with Crippen LogP contribution in [0.5, 0.6) is 0 Å². The Balaban J connectivity index is 2.12. The number of ketones is 1. The van der Waals surface area contributed by atoms with E-state index in [1.165, 1.54) is 22.2 Å². The Bertz CT molecular complexity index is 593. The zero-order chi connectivity index (χ0) is 11.4. The fourth-order valence-corrected chi connectivity index (χ4v) is 3.32. The number of benzene rings is 1. The van der Waals surface area contributed by atoms with Crippen molar-refractivity contribution >= 4 is 16.7 Å². The quantitative estimate of drug-likeness (QED) is 0.743. The molecule has 1 aromatic carbocycles. The Morgan fingerprint density at radius 2 is 2.18 bits per heavy atom. The maximum absolute atomic E-state index is 12.0. The molecule has 0 spiro atoms. The van der Waals surface area contributed by atoms with Gasteiger partial charge >= 0.3 is 0 Å². The number of rotatable bonds is 0. The number of hydrogen-bond acceptors (Lipinski definition) is 2. The number of aromatic nitrogens is 1. The fourth-order valence-electron chi connectivity index (χ4n) is 3.32. The van der Waals surface area contributed by atoms with Gasteiger partial charge in [0.05, 0.1) is 5.92 Å². The van der Waals surface area contributed by atoms with Crippen LogP contribution in [-0.2, 0) is 17.9 Å². The van der Waals surface area contributed by atoms with E-state index in [9.17, 15) is 4.79 Å². The Hall–Kier alpha value is -1.61. The van der Waals surface area contributed by atoms with Crippen LogP contribution in [0, 0.1) is 0 Å². The summed E-state index contributed by atoms with van der Waals surface area (Å²) in [7, 11) is 0. The van der Waals surface area contributed by atoms with E-state index in [0.29, 0.717) is 12.2 Å². The predicted molar refractivity (Wildman–Crippen MR) is 66.0 cm³/mol. The Labute approximate surface area is 99.4 Å². The molecule has 1 aromatic heterocycles. The number of para-hydroxylation sites is 1. The molecule has 4 rings (SSSR count). The third-order valence-corrected chi connectivity index (χ3v) is 4.07. The molecule has 2 aromatic rings. The Kier molecular flexibility index (Phi) is 1.77. The lowest BCUT2D eigenvalue weighted by molar-refractivity contribution is -0.121. The van der Waals surface area contributed by atoms with Gasteiger partial charge in [0.15, 0.2) is 0 Å². The average molecular weight is 226 g/mol. The number of nitrogens with one attached hydrogen (secondary N) is 1. The highest BCUT2D eigenvalue weighted by atomic mass is 16.1. The van der Waals surface area contributed by atoms with Gasteiger partial charge in [-0.2, -0.15) is 0 Å². The van der Waals surface area contributed by atoms with Crippen LogP contribution in [0.1, 0.15) is 23.6 Å². The minimum atomic E-state index is 0.0832. The normalized spacial score (nSPS) is 22.8. The molecule has 3 heteroatoms. The molecular weight excluding hydrogens is 212 g/mol. The van der Waals surface area contributed by atoms with Crippen molar-refractivity contribution in [2.24, 2.45) is 0 Å². The van der Waals surface area contributed by atoms with E-state index in [-0.39, 0.29) is 5.92 Å². The molecule has 2 aliphatic rings. The van der Waals surface area contributed by atoms with Crippen molar-refractivity contribution in [1.29, 1.82) is 0 Å². The number of fused-ring (bicyclic) bond motifs is 3. The van der Waals surface area contributed by atoms with Gasteiger partial charge in [-0.05, 0) is 11.6 Å². The van der Waals surface area contributed by atoms with Gasteiger partial charge in [-0.25, -0.2) is 0 Å². The second kappa shape index (κ2) is 3.20. The molecule has 17 heavy (non-hydrogen) atoms. The fraction of sp³-hybridized carbons (Fsp3) is 0.357. The van der Waals surface area contributed by atoms with E-state index in [1.54, 1.807) is 0 Å². The molecule has 3 heterocycles. The maximum Gasteiger partial charge on any atom is 0.144 e. The average Bonchev–Trinajstić information content (AvgIpc) is 2.70. The van der Waals surface area contributed by atoms with Crippen LogP contribution in [0.25, 0.3) is 10.9 Å². The summed E-state index contributed by atoms with van der Waals surface area (Å²) in [6.07, 6.45) is 0.678. The summed E-state index contributed by atoms with van der Waals surface area (Å²) < 4.78 is 2.36. The zero-order valence-electron chi connectivity index (χ0n) is 9.57. The highest BCUT2D eigenvalue weighted by Gasteiger charge is 2.34. The second-order valence-electron chi connectivity index (χ2n) is 4.93. The topological polar surface area (TPSA) is 34.0 Å². The third kappa shape index (κ3) is 1.12. The first-order chi connectivity index (χ1) is 8.36. The summed E-state index contributed by atoms with van der Waals surface area (Å²) in [6, 6.07) is 8.50. The van der Waals surface area contributed by atoms with Crippen LogP contribution < -0.4 is 5.32 Å². The van der Waals surface area contributed by atoms with Gasteiger partial charge in [0.2, 0.25) is 0 Å². The highest BCUT2D eigenvalue weighted by Crippen LogP contribution is 2.37. The van der Waals surface area contributed by atoms with Gasteiger partial charge < -0.3 is 9.88 Å².